The van der Waals surface area contributed by atoms with Gasteiger partial charge in [-0.25, -0.2) is 0 Å². The molecule has 0 unspecified atom stereocenters. The zero-order valence-electron chi connectivity index (χ0n) is 24.4. The summed E-state index contributed by atoms with van der Waals surface area (Å²) < 4.78 is 6.48. The van der Waals surface area contributed by atoms with Gasteiger partial charge in [0.15, 0.2) is 0 Å². The van der Waals surface area contributed by atoms with Crippen molar-refractivity contribution < 1.29 is 4.42 Å². The first-order valence-corrected chi connectivity index (χ1v) is 15.5. The third kappa shape index (κ3) is 3.50. The van der Waals surface area contributed by atoms with E-state index < -0.39 is 0 Å². The zero-order valence-corrected chi connectivity index (χ0v) is 24.4. The summed E-state index contributed by atoms with van der Waals surface area (Å²) in [5.74, 6) is 0. The second-order valence-corrected chi connectivity index (χ2v) is 12.0. The van der Waals surface area contributed by atoms with E-state index in [1.165, 1.54) is 70.7 Å². The summed E-state index contributed by atoms with van der Waals surface area (Å²) in [5, 5.41) is 14.8. The van der Waals surface area contributed by atoms with Gasteiger partial charge in [-0.3, -0.25) is 0 Å². The number of furan rings is 1. The van der Waals surface area contributed by atoms with Gasteiger partial charge in [0.25, 0.3) is 0 Å². The maximum Gasteiger partial charge on any atom is 0.143 e. The lowest BCUT2D eigenvalue weighted by Gasteiger charge is -2.19. The Balaban J connectivity index is 1.31. The van der Waals surface area contributed by atoms with Crippen LogP contribution in [0.1, 0.15) is 0 Å². The van der Waals surface area contributed by atoms with Crippen LogP contribution in [0, 0.1) is 0 Å². The molecule has 10 aromatic rings. The second-order valence-electron chi connectivity index (χ2n) is 12.0. The average molecular weight is 571 g/mol. The Morgan fingerprint density at radius 3 is 1.62 bits per heavy atom. The predicted molar refractivity (Wildman–Crippen MR) is 192 cm³/mol. The zero-order chi connectivity index (χ0) is 29.5. The monoisotopic (exact) mass is 570 g/mol. The highest BCUT2D eigenvalue weighted by Gasteiger charge is 2.19. The first-order chi connectivity index (χ1) is 22.3. The van der Waals surface area contributed by atoms with E-state index in [-0.39, 0.29) is 0 Å². The first kappa shape index (κ1) is 24.5. The van der Waals surface area contributed by atoms with Crippen molar-refractivity contribution in [3.8, 4) is 22.3 Å². The van der Waals surface area contributed by atoms with Crippen molar-refractivity contribution in [3.05, 3.63) is 158 Å². The van der Waals surface area contributed by atoms with Gasteiger partial charge in [-0.1, -0.05) is 140 Å². The molecule has 0 aliphatic rings. The van der Waals surface area contributed by atoms with E-state index in [0.29, 0.717) is 0 Å². The van der Waals surface area contributed by atoms with Crippen LogP contribution in [0.4, 0.5) is 0 Å². The van der Waals surface area contributed by atoms with E-state index in [1.807, 2.05) is 6.07 Å². The van der Waals surface area contributed by atoms with Crippen LogP contribution < -0.4 is 0 Å². The fourth-order valence-electron chi connectivity index (χ4n) is 7.65. The van der Waals surface area contributed by atoms with Crippen molar-refractivity contribution in [2.75, 3.05) is 0 Å². The van der Waals surface area contributed by atoms with Gasteiger partial charge in [0.1, 0.15) is 11.2 Å². The van der Waals surface area contributed by atoms with Gasteiger partial charge < -0.3 is 4.42 Å². The van der Waals surface area contributed by atoms with Crippen molar-refractivity contribution in [3.63, 3.8) is 0 Å². The number of fused-ring (bicyclic) bond motifs is 10. The normalized spacial score (nSPS) is 12.0. The van der Waals surface area contributed by atoms with Crippen molar-refractivity contribution in [2.24, 2.45) is 0 Å². The summed E-state index contributed by atoms with van der Waals surface area (Å²) in [7, 11) is 0. The minimum absolute atomic E-state index is 0.925. The van der Waals surface area contributed by atoms with Gasteiger partial charge in [-0.15, -0.1) is 0 Å². The van der Waals surface area contributed by atoms with Crippen molar-refractivity contribution >= 4 is 75.8 Å². The molecule has 9 aromatic carbocycles. The first-order valence-electron chi connectivity index (χ1n) is 15.5. The number of hydrogen-bond donors (Lipinski definition) is 0. The molecule has 1 aromatic heterocycles. The fraction of sp³-hybridized carbons (Fsp3) is 0. The molecule has 0 N–H and O–H groups in total. The largest absolute Gasteiger partial charge is 0.455 e. The molecule has 10 rings (SSSR count). The Kier molecular flexibility index (Phi) is 5.06. The summed E-state index contributed by atoms with van der Waals surface area (Å²) >= 11 is 0. The minimum atomic E-state index is 0.925. The lowest BCUT2D eigenvalue weighted by atomic mass is 9.84. The third-order valence-electron chi connectivity index (χ3n) is 9.64. The molecule has 1 heteroatoms. The van der Waals surface area contributed by atoms with E-state index in [0.717, 1.165) is 27.3 Å². The molecule has 0 atom stereocenters. The quantitative estimate of drug-likeness (QED) is 0.149. The van der Waals surface area contributed by atoms with E-state index >= 15 is 0 Å². The van der Waals surface area contributed by atoms with Crippen molar-refractivity contribution in [1.29, 1.82) is 0 Å². The van der Waals surface area contributed by atoms with Gasteiger partial charge in [0.2, 0.25) is 0 Å². The summed E-state index contributed by atoms with van der Waals surface area (Å²) in [4.78, 5) is 0. The van der Waals surface area contributed by atoms with Crippen LogP contribution in [0.3, 0.4) is 0 Å². The molecule has 0 spiro atoms. The van der Waals surface area contributed by atoms with Crippen LogP contribution in [-0.2, 0) is 0 Å². The molecule has 0 fully saturated rings. The highest BCUT2D eigenvalue weighted by atomic mass is 16.3. The Labute approximate surface area is 259 Å². The second kappa shape index (κ2) is 9.29. The third-order valence-corrected chi connectivity index (χ3v) is 9.64. The summed E-state index contributed by atoms with van der Waals surface area (Å²) in [6.07, 6.45) is 0. The van der Waals surface area contributed by atoms with Gasteiger partial charge in [0, 0.05) is 16.2 Å². The Morgan fingerprint density at radius 1 is 0.311 bits per heavy atom. The topological polar surface area (TPSA) is 13.1 Å². The molecular weight excluding hydrogens is 544 g/mol. The number of benzene rings is 9. The average Bonchev–Trinajstić information content (AvgIpc) is 3.49. The number of hydrogen-bond acceptors (Lipinski definition) is 1. The minimum Gasteiger partial charge on any atom is -0.455 e. The molecule has 1 heterocycles. The van der Waals surface area contributed by atoms with E-state index in [1.54, 1.807) is 0 Å². The SMILES string of the molecule is c1ccc2c(c1)ccc1c(-c3c4ccccc4c(-c4ccc5ccc6c7ccccc7oc6c5c4)c4ccccc34)cccc12. The molecule has 1 nitrogen and oxygen atoms in total. The van der Waals surface area contributed by atoms with E-state index in [2.05, 4.69) is 152 Å². The highest BCUT2D eigenvalue weighted by molar-refractivity contribution is 6.25. The molecule has 0 amide bonds. The van der Waals surface area contributed by atoms with Crippen LogP contribution in [0.15, 0.2) is 162 Å². The Bertz CT molecular complexity index is 2760. The number of para-hydroxylation sites is 1. The summed E-state index contributed by atoms with van der Waals surface area (Å²) in [6, 6.07) is 57.4. The van der Waals surface area contributed by atoms with E-state index in [9.17, 15) is 0 Å². The maximum absolute atomic E-state index is 6.48. The van der Waals surface area contributed by atoms with Crippen LogP contribution in [0.25, 0.3) is 98.1 Å². The summed E-state index contributed by atoms with van der Waals surface area (Å²) in [5.41, 5.74) is 6.87. The Morgan fingerprint density at radius 2 is 0.867 bits per heavy atom. The fourth-order valence-corrected chi connectivity index (χ4v) is 7.65. The molecule has 0 radical (unpaired) electrons. The van der Waals surface area contributed by atoms with E-state index in [4.69, 9.17) is 4.42 Å². The molecule has 45 heavy (non-hydrogen) atoms. The highest BCUT2D eigenvalue weighted by Crippen LogP contribution is 2.46. The summed E-state index contributed by atoms with van der Waals surface area (Å²) in [6.45, 7) is 0. The molecule has 0 saturated heterocycles. The smallest absolute Gasteiger partial charge is 0.143 e. The van der Waals surface area contributed by atoms with Gasteiger partial charge >= 0.3 is 0 Å². The molecule has 0 saturated carbocycles. The van der Waals surface area contributed by atoms with Crippen molar-refractivity contribution in [2.45, 2.75) is 0 Å². The van der Waals surface area contributed by atoms with Crippen LogP contribution in [-0.4, -0.2) is 0 Å². The molecule has 208 valence electrons. The van der Waals surface area contributed by atoms with Gasteiger partial charge in [-0.2, -0.15) is 0 Å². The van der Waals surface area contributed by atoms with Crippen molar-refractivity contribution in [1.82, 2.24) is 0 Å². The van der Waals surface area contributed by atoms with Gasteiger partial charge in [0.05, 0.1) is 0 Å². The maximum atomic E-state index is 6.48. The molecule has 0 bridgehead atoms. The van der Waals surface area contributed by atoms with Crippen LogP contribution >= 0.6 is 0 Å². The Hall–Kier alpha value is -5.92. The standard InChI is InChI=1S/C44H26O/c1-2-11-30-27(10-1)22-24-32-31(30)17-9-18-34(32)43-37-15-5-3-13-35(37)42(36-14-4-6-16-38(36)43)29-21-20-28-23-25-39-33-12-7-8-19-41(33)45-44(39)40(28)26-29/h1-26H. The molecular formula is C44H26O. The predicted octanol–water partition coefficient (Wildman–Crippen LogP) is 12.7. The molecule has 0 aliphatic heterocycles. The van der Waals surface area contributed by atoms with Crippen LogP contribution in [0.2, 0.25) is 0 Å². The molecule has 0 aliphatic carbocycles. The lowest BCUT2D eigenvalue weighted by molar-refractivity contribution is 0.672. The lowest BCUT2D eigenvalue weighted by Crippen LogP contribution is -1.92. The number of rotatable bonds is 2. The van der Waals surface area contributed by atoms with Crippen LogP contribution in [0.5, 0.6) is 0 Å². The van der Waals surface area contributed by atoms with Gasteiger partial charge in [-0.05, 0) is 88.9 Å².